The fourth-order valence-corrected chi connectivity index (χ4v) is 2.26. The number of hydrogen-bond donors (Lipinski definition) is 2. The number of nitrogens with zero attached hydrogens (tertiary/aromatic N) is 1. The van der Waals surface area contributed by atoms with Gasteiger partial charge in [-0.25, -0.2) is 4.79 Å². The van der Waals surface area contributed by atoms with Gasteiger partial charge in [0.2, 0.25) is 0 Å². The van der Waals surface area contributed by atoms with E-state index < -0.39 is 0 Å². The number of carbonyl (C=O) groups excluding carboxylic acids is 1. The third-order valence-corrected chi connectivity index (χ3v) is 3.46. The van der Waals surface area contributed by atoms with Crippen molar-refractivity contribution in [3.8, 4) is 0 Å². The van der Waals surface area contributed by atoms with Gasteiger partial charge >= 0.3 is 6.03 Å². The maximum atomic E-state index is 11.8. The second kappa shape index (κ2) is 4.84. The highest BCUT2D eigenvalue weighted by Gasteiger charge is 2.23. The summed E-state index contributed by atoms with van der Waals surface area (Å²) in [6, 6.07) is 0.479. The molecule has 2 heterocycles. The minimum absolute atomic E-state index is 0.135. The van der Waals surface area contributed by atoms with E-state index in [1.165, 1.54) is 0 Å². The van der Waals surface area contributed by atoms with E-state index in [9.17, 15) is 4.79 Å². The van der Waals surface area contributed by atoms with Crippen LogP contribution in [0.4, 0.5) is 4.79 Å². The van der Waals surface area contributed by atoms with Crippen molar-refractivity contribution < 1.29 is 4.79 Å². The first kappa shape index (κ1) is 10.7. The topological polar surface area (TPSA) is 44.4 Å². The van der Waals surface area contributed by atoms with Gasteiger partial charge in [0, 0.05) is 25.7 Å². The number of rotatable bonds is 1. The normalized spacial score (nSPS) is 28.1. The lowest BCUT2D eigenvalue weighted by atomic mass is 10.00. The minimum atomic E-state index is 0.135. The van der Waals surface area contributed by atoms with Gasteiger partial charge in [0.1, 0.15) is 0 Å². The van der Waals surface area contributed by atoms with Crippen LogP contribution in [0, 0.1) is 5.92 Å². The van der Waals surface area contributed by atoms with Gasteiger partial charge < -0.3 is 15.5 Å². The first-order valence-electron chi connectivity index (χ1n) is 6.02. The number of nitrogens with one attached hydrogen (secondary N) is 2. The van der Waals surface area contributed by atoms with Gasteiger partial charge in [0.05, 0.1) is 0 Å². The number of carbonyl (C=O) groups is 1. The molecule has 2 fully saturated rings. The molecule has 0 unspecified atom stereocenters. The van der Waals surface area contributed by atoms with Gasteiger partial charge in [-0.1, -0.05) is 6.92 Å². The molecule has 0 aromatic rings. The van der Waals surface area contributed by atoms with Gasteiger partial charge in [-0.2, -0.15) is 0 Å². The van der Waals surface area contributed by atoms with Crippen LogP contribution >= 0.6 is 0 Å². The van der Waals surface area contributed by atoms with E-state index in [2.05, 4.69) is 17.6 Å². The average molecular weight is 211 g/mol. The number of hydrogen-bond acceptors (Lipinski definition) is 2. The highest BCUT2D eigenvalue weighted by molar-refractivity contribution is 5.74. The Morgan fingerprint density at radius 1 is 1.33 bits per heavy atom. The van der Waals surface area contributed by atoms with Crippen LogP contribution in [0.1, 0.15) is 26.2 Å². The van der Waals surface area contributed by atoms with E-state index in [1.807, 2.05) is 4.90 Å². The Balaban J connectivity index is 1.75. The lowest BCUT2D eigenvalue weighted by molar-refractivity contribution is 0.171. The summed E-state index contributed by atoms with van der Waals surface area (Å²) < 4.78 is 0. The molecule has 4 nitrogen and oxygen atoms in total. The predicted molar refractivity (Wildman–Crippen MR) is 59.8 cm³/mol. The molecule has 4 heteroatoms. The Morgan fingerprint density at radius 2 is 2.07 bits per heavy atom. The fourth-order valence-electron chi connectivity index (χ4n) is 2.26. The molecule has 2 aliphatic heterocycles. The van der Waals surface area contributed by atoms with Crippen molar-refractivity contribution in [3.63, 3.8) is 0 Å². The van der Waals surface area contributed by atoms with Crippen LogP contribution < -0.4 is 10.6 Å². The number of amides is 2. The van der Waals surface area contributed by atoms with Gasteiger partial charge in [-0.3, -0.25) is 0 Å². The zero-order valence-corrected chi connectivity index (χ0v) is 9.46. The van der Waals surface area contributed by atoms with Gasteiger partial charge in [0.25, 0.3) is 0 Å². The Morgan fingerprint density at radius 3 is 2.67 bits per heavy atom. The van der Waals surface area contributed by atoms with E-state index in [4.69, 9.17) is 0 Å². The molecule has 2 saturated heterocycles. The Hall–Kier alpha value is -0.770. The van der Waals surface area contributed by atoms with Crippen LogP contribution in [-0.2, 0) is 0 Å². The lowest BCUT2D eigenvalue weighted by Gasteiger charge is -2.31. The molecule has 2 rings (SSSR count). The summed E-state index contributed by atoms with van der Waals surface area (Å²) in [5.41, 5.74) is 0. The largest absolute Gasteiger partial charge is 0.334 e. The average Bonchev–Trinajstić information content (AvgIpc) is 2.71. The highest BCUT2D eigenvalue weighted by Crippen LogP contribution is 2.16. The monoisotopic (exact) mass is 211 g/mol. The molecule has 0 aliphatic carbocycles. The second-order valence-corrected chi connectivity index (χ2v) is 4.81. The molecule has 2 aliphatic rings. The van der Waals surface area contributed by atoms with Crippen molar-refractivity contribution in [2.45, 2.75) is 32.2 Å². The van der Waals surface area contributed by atoms with Gasteiger partial charge in [-0.05, 0) is 31.7 Å². The molecule has 0 radical (unpaired) electrons. The summed E-state index contributed by atoms with van der Waals surface area (Å²) >= 11 is 0. The van der Waals surface area contributed by atoms with Crippen LogP contribution in [0.3, 0.4) is 0 Å². The molecule has 86 valence electrons. The molecule has 1 atom stereocenters. The molecular formula is C11H21N3O. The molecule has 15 heavy (non-hydrogen) atoms. The maximum absolute atomic E-state index is 11.8. The maximum Gasteiger partial charge on any atom is 0.317 e. The molecule has 2 amide bonds. The van der Waals surface area contributed by atoms with Crippen molar-refractivity contribution >= 4 is 6.03 Å². The first-order chi connectivity index (χ1) is 7.25. The second-order valence-electron chi connectivity index (χ2n) is 4.81. The zero-order valence-electron chi connectivity index (χ0n) is 9.46. The summed E-state index contributed by atoms with van der Waals surface area (Å²) in [6.45, 7) is 6.06. The lowest BCUT2D eigenvalue weighted by Crippen LogP contribution is -2.48. The van der Waals surface area contributed by atoms with Crippen molar-refractivity contribution in [2.24, 2.45) is 5.92 Å². The van der Waals surface area contributed by atoms with Crippen LogP contribution in [0.25, 0.3) is 0 Å². The third kappa shape index (κ3) is 2.84. The van der Waals surface area contributed by atoms with E-state index in [-0.39, 0.29) is 6.03 Å². The SMILES string of the molecule is CC1CCN(C(=O)N[C@H]2CCNC2)CC1. The van der Waals surface area contributed by atoms with Crippen molar-refractivity contribution in [1.29, 1.82) is 0 Å². The van der Waals surface area contributed by atoms with E-state index in [0.29, 0.717) is 6.04 Å². The molecular weight excluding hydrogens is 190 g/mol. The van der Waals surface area contributed by atoms with Crippen LogP contribution in [0.15, 0.2) is 0 Å². The summed E-state index contributed by atoms with van der Waals surface area (Å²) in [6.07, 6.45) is 3.36. The summed E-state index contributed by atoms with van der Waals surface area (Å²) in [7, 11) is 0. The van der Waals surface area contributed by atoms with E-state index >= 15 is 0 Å². The summed E-state index contributed by atoms with van der Waals surface area (Å²) in [4.78, 5) is 13.8. The van der Waals surface area contributed by atoms with Crippen LogP contribution in [-0.4, -0.2) is 43.2 Å². The van der Waals surface area contributed by atoms with Crippen LogP contribution in [0.2, 0.25) is 0 Å². The molecule has 0 saturated carbocycles. The minimum Gasteiger partial charge on any atom is -0.334 e. The van der Waals surface area contributed by atoms with E-state index in [1.54, 1.807) is 0 Å². The Labute approximate surface area is 91.4 Å². The van der Waals surface area contributed by atoms with Crippen LogP contribution in [0.5, 0.6) is 0 Å². The number of piperidine rings is 1. The van der Waals surface area contributed by atoms with Crippen molar-refractivity contribution in [1.82, 2.24) is 15.5 Å². The number of likely N-dealkylation sites (tertiary alicyclic amines) is 1. The summed E-state index contributed by atoms with van der Waals surface area (Å²) in [5, 5.41) is 6.34. The predicted octanol–water partition coefficient (Wildman–Crippen LogP) is 0.790. The quantitative estimate of drug-likeness (QED) is 0.673. The third-order valence-electron chi connectivity index (χ3n) is 3.46. The Kier molecular flexibility index (Phi) is 3.46. The zero-order chi connectivity index (χ0) is 10.7. The van der Waals surface area contributed by atoms with Gasteiger partial charge in [-0.15, -0.1) is 0 Å². The molecule has 0 aromatic heterocycles. The fraction of sp³-hybridized carbons (Fsp3) is 0.909. The Bertz CT molecular complexity index is 218. The first-order valence-corrected chi connectivity index (χ1v) is 6.02. The van der Waals surface area contributed by atoms with Crippen molar-refractivity contribution in [3.05, 3.63) is 0 Å². The number of urea groups is 1. The molecule has 0 spiro atoms. The van der Waals surface area contributed by atoms with E-state index in [0.717, 1.165) is 51.4 Å². The molecule has 2 N–H and O–H groups in total. The van der Waals surface area contributed by atoms with Crippen molar-refractivity contribution in [2.75, 3.05) is 26.2 Å². The highest BCUT2D eigenvalue weighted by atomic mass is 16.2. The van der Waals surface area contributed by atoms with Gasteiger partial charge in [0.15, 0.2) is 0 Å². The smallest absolute Gasteiger partial charge is 0.317 e. The molecule has 0 bridgehead atoms. The summed E-state index contributed by atoms with van der Waals surface area (Å²) in [5.74, 6) is 0.780. The standard InChI is InChI=1S/C11H21N3O/c1-9-3-6-14(7-4-9)11(15)13-10-2-5-12-8-10/h9-10,12H,2-8H2,1H3,(H,13,15)/t10-/m0/s1. The molecule has 0 aromatic carbocycles.